The maximum atomic E-state index is 11.5. The summed E-state index contributed by atoms with van der Waals surface area (Å²) in [6, 6.07) is 0. The zero-order chi connectivity index (χ0) is 4.28. The van der Waals surface area contributed by atoms with Crippen molar-refractivity contribution >= 4 is 14.4 Å². The van der Waals surface area contributed by atoms with Crippen molar-refractivity contribution in [1.29, 1.82) is 0 Å². The molecule has 0 amide bonds. The van der Waals surface area contributed by atoms with E-state index in [0.717, 1.165) is 0 Å². The molecule has 0 aromatic carbocycles. The Kier molecular flexibility index (Phi) is 2.27. The first kappa shape index (κ1) is 5.02. The summed E-state index contributed by atoms with van der Waals surface area (Å²) in [7, 11) is -1.50. The maximum absolute atomic E-state index is 11.5. The van der Waals surface area contributed by atoms with Crippen LogP contribution in [0.5, 0.6) is 0 Å². The molecule has 0 spiro atoms. The van der Waals surface area contributed by atoms with E-state index in [4.69, 9.17) is 0 Å². The van der Waals surface area contributed by atoms with Crippen LogP contribution >= 0.6 is 0 Å². The van der Waals surface area contributed by atoms with Crippen molar-refractivity contribution in [2.24, 2.45) is 0 Å². The van der Waals surface area contributed by atoms with Gasteiger partial charge < -0.3 is 0 Å². The number of hydrogen-bond donors (Lipinski definition) is 0. The van der Waals surface area contributed by atoms with Gasteiger partial charge in [-0.3, -0.25) is 4.11 Å². The smallest absolute Gasteiger partial charge is 0.223 e. The van der Waals surface area contributed by atoms with E-state index < -0.39 is 8.74 Å². The van der Waals surface area contributed by atoms with E-state index in [1.165, 1.54) is 0 Å². The largest absolute Gasteiger partial charge is 0.284 e. The van der Waals surface area contributed by atoms with Crippen molar-refractivity contribution in [2.45, 2.75) is 13.5 Å². The fraction of sp³-hybridized carbons (Fsp3) is 0.667. The number of hydrogen-bond acceptors (Lipinski definition) is 0. The van der Waals surface area contributed by atoms with Gasteiger partial charge in [0.25, 0.3) is 0 Å². The first-order chi connectivity index (χ1) is 2.27. The second-order valence-corrected chi connectivity index (χ2v) is 2.63. The lowest BCUT2D eigenvalue weighted by Gasteiger charge is -1.65. The summed E-state index contributed by atoms with van der Waals surface area (Å²) >= 11 is 0. The zero-order valence-electron chi connectivity index (χ0n) is 3.46. The van der Waals surface area contributed by atoms with E-state index in [2.05, 4.69) is 0 Å². The van der Waals surface area contributed by atoms with Crippen molar-refractivity contribution in [3.8, 4) is 0 Å². The molecule has 0 atom stereocenters. The van der Waals surface area contributed by atoms with Crippen LogP contribution in [0.2, 0.25) is 6.55 Å². The molecule has 0 fully saturated rings. The quantitative estimate of drug-likeness (QED) is 0.307. The summed E-state index contributed by atoms with van der Waals surface area (Å²) in [4.78, 5) is 0. The minimum atomic E-state index is -1.50. The predicted octanol–water partition coefficient (Wildman–Crippen LogP) is 0.981. The van der Waals surface area contributed by atoms with Crippen molar-refractivity contribution in [1.82, 2.24) is 0 Å². The Morgan fingerprint density at radius 3 is 2.00 bits per heavy atom. The van der Waals surface area contributed by atoms with Crippen LogP contribution in [0.4, 0.5) is 4.11 Å². The van der Waals surface area contributed by atoms with Gasteiger partial charge in [0, 0.05) is 0 Å². The molecule has 0 saturated carbocycles. The van der Waals surface area contributed by atoms with Crippen LogP contribution in [-0.4, -0.2) is 14.4 Å². The highest BCUT2D eigenvalue weighted by Gasteiger charge is 1.71. The minimum absolute atomic E-state index is 1.50. The fourth-order valence-corrected chi connectivity index (χ4v) is 0. The van der Waals surface area contributed by atoms with Gasteiger partial charge in [-0.05, 0) is 13.5 Å². The highest BCUT2D eigenvalue weighted by Crippen LogP contribution is 1.60. The van der Waals surface area contributed by atoms with Gasteiger partial charge in [0.2, 0.25) is 8.74 Å². The molecule has 5 heavy (non-hydrogen) atoms. The van der Waals surface area contributed by atoms with Gasteiger partial charge in [0.15, 0.2) is 0 Å². The van der Waals surface area contributed by atoms with Crippen LogP contribution in [0.25, 0.3) is 0 Å². The molecule has 0 unspecified atom stereocenters. The second-order valence-electron chi connectivity index (χ2n) is 0.875. The summed E-state index contributed by atoms with van der Waals surface area (Å²) in [6.45, 7) is 3.35. The van der Waals surface area contributed by atoms with Crippen molar-refractivity contribution in [2.75, 3.05) is 0 Å². The Bertz CT molecular complexity index is 44.9. The predicted molar refractivity (Wildman–Crippen MR) is 24.5 cm³/mol. The standard InChI is InChI=1S/C3H7FSi/c1-3-5(2)4/h3H,1-2H3. The van der Waals surface area contributed by atoms with E-state index in [-0.39, 0.29) is 0 Å². The SMILES string of the molecule is CC=[Si](C)F. The molecule has 0 aliphatic rings. The summed E-state index contributed by atoms with van der Waals surface area (Å²) in [5, 5.41) is 0. The molecule has 0 nitrogen and oxygen atoms in total. The topological polar surface area (TPSA) is 0 Å². The third-order valence-electron chi connectivity index (χ3n) is 0.398. The van der Waals surface area contributed by atoms with Gasteiger partial charge >= 0.3 is 0 Å². The van der Waals surface area contributed by atoms with Gasteiger partial charge in [0.1, 0.15) is 0 Å². The number of halogens is 1. The number of rotatable bonds is 0. The molecule has 0 N–H and O–H groups in total. The van der Waals surface area contributed by atoms with E-state index >= 15 is 0 Å². The minimum Gasteiger partial charge on any atom is -0.284 e. The van der Waals surface area contributed by atoms with E-state index in [9.17, 15) is 4.11 Å². The van der Waals surface area contributed by atoms with Crippen molar-refractivity contribution in [3.63, 3.8) is 0 Å². The maximum Gasteiger partial charge on any atom is 0.223 e. The Morgan fingerprint density at radius 1 is 1.80 bits per heavy atom. The molecule has 0 rings (SSSR count). The Balaban J connectivity index is 3.14. The summed E-state index contributed by atoms with van der Waals surface area (Å²) in [5.74, 6) is 0. The zero-order valence-corrected chi connectivity index (χ0v) is 4.46. The van der Waals surface area contributed by atoms with Crippen LogP contribution in [0.3, 0.4) is 0 Å². The Labute approximate surface area is 33.0 Å². The normalized spacial score (nSPS) is 12.2. The monoisotopic (exact) mass is 90.0 g/mol. The van der Waals surface area contributed by atoms with Gasteiger partial charge in [-0.1, -0.05) is 5.67 Å². The lowest BCUT2D eigenvalue weighted by molar-refractivity contribution is 0.870. The Morgan fingerprint density at radius 2 is 2.00 bits per heavy atom. The molecule has 0 saturated heterocycles. The van der Waals surface area contributed by atoms with Crippen LogP contribution in [0.1, 0.15) is 6.92 Å². The van der Waals surface area contributed by atoms with Crippen LogP contribution in [0.15, 0.2) is 0 Å². The molecule has 0 aromatic heterocycles. The molecular formula is C3H7FSi. The van der Waals surface area contributed by atoms with Gasteiger partial charge in [-0.2, -0.15) is 0 Å². The van der Waals surface area contributed by atoms with E-state index in [1.807, 2.05) is 0 Å². The Hall–Kier alpha value is 0.0169. The van der Waals surface area contributed by atoms with Gasteiger partial charge in [-0.15, -0.1) is 0 Å². The average Bonchev–Trinajstić information content (AvgIpc) is 1.38. The molecule has 0 heterocycles. The summed E-state index contributed by atoms with van der Waals surface area (Å²) in [5.41, 5.74) is 1.60. The molecule has 0 aliphatic heterocycles. The highest BCUT2D eigenvalue weighted by molar-refractivity contribution is 6.57. The molecule has 0 radical (unpaired) electrons. The first-order valence-electron chi connectivity index (χ1n) is 1.56. The summed E-state index contributed by atoms with van der Waals surface area (Å²) < 4.78 is 11.5. The lowest BCUT2D eigenvalue weighted by Crippen LogP contribution is -1.81. The molecular weight excluding hydrogens is 83.1 g/mol. The molecule has 0 aliphatic carbocycles. The van der Waals surface area contributed by atoms with Crippen LogP contribution in [0, 0.1) is 0 Å². The fourth-order valence-electron chi connectivity index (χ4n) is 0. The molecule has 0 aromatic rings. The third kappa shape index (κ3) is 4.02. The van der Waals surface area contributed by atoms with Crippen LogP contribution in [-0.2, 0) is 0 Å². The van der Waals surface area contributed by atoms with E-state index in [1.54, 1.807) is 19.1 Å². The third-order valence-corrected chi connectivity index (χ3v) is 1.19. The van der Waals surface area contributed by atoms with Crippen molar-refractivity contribution in [3.05, 3.63) is 0 Å². The first-order valence-corrected chi connectivity index (χ1v) is 3.51. The van der Waals surface area contributed by atoms with E-state index in [0.29, 0.717) is 0 Å². The van der Waals surface area contributed by atoms with Crippen LogP contribution < -0.4 is 0 Å². The molecule has 2 heteroatoms. The lowest BCUT2D eigenvalue weighted by atomic mass is 11.0. The van der Waals surface area contributed by atoms with Gasteiger partial charge in [0.05, 0.1) is 0 Å². The van der Waals surface area contributed by atoms with Crippen molar-refractivity contribution < 1.29 is 4.11 Å². The van der Waals surface area contributed by atoms with Gasteiger partial charge in [-0.25, -0.2) is 0 Å². The average molecular weight is 90.2 g/mol. The molecule has 30 valence electrons. The second kappa shape index (κ2) is 2.27. The highest BCUT2D eigenvalue weighted by atomic mass is 28.3. The molecule has 0 bridgehead atoms. The summed E-state index contributed by atoms with van der Waals surface area (Å²) in [6.07, 6.45) is 0.